The van der Waals surface area contributed by atoms with Gasteiger partial charge in [-0.25, -0.2) is 4.79 Å². The summed E-state index contributed by atoms with van der Waals surface area (Å²) in [7, 11) is 0. The van der Waals surface area contributed by atoms with Crippen LogP contribution >= 0.6 is 0 Å². The lowest BCUT2D eigenvalue weighted by Crippen LogP contribution is -2.13. The van der Waals surface area contributed by atoms with Crippen molar-refractivity contribution in [2.24, 2.45) is 0 Å². The Kier molecular flexibility index (Phi) is 6.12. The van der Waals surface area contributed by atoms with E-state index in [9.17, 15) is 14.9 Å². The number of carbonyl (C=O) groups is 2. The molecule has 0 radical (unpaired) electrons. The molecular formula is C20H18N2O4. The minimum absolute atomic E-state index is 0.0394. The topological polar surface area (TPSA) is 99.4 Å². The van der Waals surface area contributed by atoms with Crippen molar-refractivity contribution in [2.45, 2.75) is 13.8 Å². The van der Waals surface area contributed by atoms with Crippen LogP contribution in [0.3, 0.4) is 0 Å². The summed E-state index contributed by atoms with van der Waals surface area (Å²) in [6.07, 6.45) is 1.46. The van der Waals surface area contributed by atoms with Crippen LogP contribution in [-0.2, 0) is 9.59 Å². The van der Waals surface area contributed by atoms with E-state index in [1.54, 1.807) is 30.3 Å². The molecular weight excluding hydrogens is 332 g/mol. The molecule has 2 N–H and O–H groups in total. The molecule has 0 fully saturated rings. The predicted octanol–water partition coefficient (Wildman–Crippen LogP) is 3.31. The zero-order valence-electron chi connectivity index (χ0n) is 14.4. The van der Waals surface area contributed by atoms with Crippen molar-refractivity contribution in [1.82, 2.24) is 0 Å². The summed E-state index contributed by atoms with van der Waals surface area (Å²) in [5.41, 5.74) is 3.37. The van der Waals surface area contributed by atoms with E-state index < -0.39 is 18.5 Å². The van der Waals surface area contributed by atoms with Gasteiger partial charge in [-0.1, -0.05) is 18.2 Å². The molecule has 0 aliphatic heterocycles. The van der Waals surface area contributed by atoms with E-state index in [2.05, 4.69) is 5.32 Å². The maximum absolute atomic E-state index is 12.3. The summed E-state index contributed by atoms with van der Waals surface area (Å²) in [5.74, 6) is -1.17. The Morgan fingerprint density at radius 1 is 1.15 bits per heavy atom. The van der Waals surface area contributed by atoms with Gasteiger partial charge in [0.1, 0.15) is 17.4 Å². The number of ether oxygens (including phenoxy) is 1. The van der Waals surface area contributed by atoms with Crippen molar-refractivity contribution in [3.05, 3.63) is 64.7 Å². The molecule has 6 nitrogen and oxygen atoms in total. The zero-order valence-corrected chi connectivity index (χ0v) is 14.4. The number of nitrogens with one attached hydrogen (secondary N) is 1. The van der Waals surface area contributed by atoms with Crippen molar-refractivity contribution in [3.8, 4) is 11.8 Å². The summed E-state index contributed by atoms with van der Waals surface area (Å²) < 4.78 is 5.04. The number of hydrogen-bond acceptors (Lipinski definition) is 4. The summed E-state index contributed by atoms with van der Waals surface area (Å²) in [6.45, 7) is 3.49. The van der Waals surface area contributed by atoms with E-state index in [4.69, 9.17) is 9.84 Å². The second kappa shape index (κ2) is 8.49. The van der Waals surface area contributed by atoms with Crippen LogP contribution in [0.5, 0.6) is 5.75 Å². The number of nitriles is 1. The fraction of sp³-hybridized carbons (Fsp3) is 0.150. The van der Waals surface area contributed by atoms with Gasteiger partial charge in [0.25, 0.3) is 5.91 Å². The van der Waals surface area contributed by atoms with E-state index in [1.165, 1.54) is 6.08 Å². The Hall–Kier alpha value is -3.59. The molecule has 0 atom stereocenters. The van der Waals surface area contributed by atoms with Crippen molar-refractivity contribution < 1.29 is 19.4 Å². The maximum atomic E-state index is 12.3. The number of anilines is 1. The number of benzene rings is 2. The van der Waals surface area contributed by atoms with Crippen LogP contribution in [-0.4, -0.2) is 23.6 Å². The Balaban J connectivity index is 2.11. The first-order valence-corrected chi connectivity index (χ1v) is 7.84. The summed E-state index contributed by atoms with van der Waals surface area (Å²) in [4.78, 5) is 22.8. The largest absolute Gasteiger partial charge is 0.482 e. The van der Waals surface area contributed by atoms with Gasteiger partial charge in [0, 0.05) is 5.69 Å². The Labute approximate surface area is 151 Å². The highest BCUT2D eigenvalue weighted by Gasteiger charge is 2.10. The second-order valence-corrected chi connectivity index (χ2v) is 5.67. The Morgan fingerprint density at radius 3 is 2.42 bits per heavy atom. The minimum atomic E-state index is -1.07. The molecule has 2 rings (SSSR count). The van der Waals surface area contributed by atoms with Gasteiger partial charge in [-0.3, -0.25) is 4.79 Å². The number of carbonyl (C=O) groups excluding carboxylic acids is 1. The number of hydrogen-bond donors (Lipinski definition) is 2. The second-order valence-electron chi connectivity index (χ2n) is 5.67. The molecule has 2 aromatic rings. The van der Waals surface area contributed by atoms with Gasteiger partial charge >= 0.3 is 5.97 Å². The SMILES string of the molecule is Cc1ccc(NC(=O)/C(C#N)=C/c2ccc(OCC(=O)O)cc2)cc1C. The number of carboxylic acids is 1. The molecule has 0 saturated heterocycles. The lowest BCUT2D eigenvalue weighted by atomic mass is 10.1. The Morgan fingerprint density at radius 2 is 1.85 bits per heavy atom. The van der Waals surface area contributed by atoms with Gasteiger partial charge in [-0.2, -0.15) is 5.26 Å². The molecule has 0 aliphatic rings. The number of rotatable bonds is 6. The molecule has 0 unspecified atom stereocenters. The zero-order chi connectivity index (χ0) is 19.1. The highest BCUT2D eigenvalue weighted by Crippen LogP contribution is 2.17. The fourth-order valence-electron chi connectivity index (χ4n) is 2.14. The number of amides is 1. The molecule has 26 heavy (non-hydrogen) atoms. The molecule has 0 saturated carbocycles. The average molecular weight is 350 g/mol. The molecule has 0 spiro atoms. The van der Waals surface area contributed by atoms with Crippen LogP contribution in [0, 0.1) is 25.2 Å². The van der Waals surface area contributed by atoms with Gasteiger partial charge in [-0.15, -0.1) is 0 Å². The molecule has 2 aromatic carbocycles. The van der Waals surface area contributed by atoms with Gasteiger partial charge in [-0.05, 0) is 60.9 Å². The van der Waals surface area contributed by atoms with Crippen LogP contribution < -0.4 is 10.1 Å². The third kappa shape index (κ3) is 5.21. The van der Waals surface area contributed by atoms with Crippen molar-refractivity contribution in [2.75, 3.05) is 11.9 Å². The van der Waals surface area contributed by atoms with Gasteiger partial charge in [0.2, 0.25) is 0 Å². The van der Waals surface area contributed by atoms with E-state index in [0.717, 1.165) is 11.1 Å². The smallest absolute Gasteiger partial charge is 0.341 e. The first-order valence-electron chi connectivity index (χ1n) is 7.84. The predicted molar refractivity (Wildman–Crippen MR) is 97.7 cm³/mol. The van der Waals surface area contributed by atoms with Gasteiger partial charge < -0.3 is 15.2 Å². The fourth-order valence-corrected chi connectivity index (χ4v) is 2.14. The summed E-state index contributed by atoms with van der Waals surface area (Å²) in [6, 6.07) is 13.8. The minimum Gasteiger partial charge on any atom is -0.482 e. The van der Waals surface area contributed by atoms with Crippen molar-refractivity contribution in [1.29, 1.82) is 5.26 Å². The van der Waals surface area contributed by atoms with Crippen molar-refractivity contribution in [3.63, 3.8) is 0 Å². The molecule has 0 bridgehead atoms. The third-order valence-corrected chi connectivity index (χ3v) is 3.68. The lowest BCUT2D eigenvalue weighted by Gasteiger charge is -2.07. The van der Waals surface area contributed by atoms with Crippen LogP contribution in [0.1, 0.15) is 16.7 Å². The van der Waals surface area contributed by atoms with E-state index in [0.29, 0.717) is 17.0 Å². The highest BCUT2D eigenvalue weighted by atomic mass is 16.5. The van der Waals surface area contributed by atoms with Crippen LogP contribution in [0.15, 0.2) is 48.0 Å². The van der Waals surface area contributed by atoms with Crippen LogP contribution in [0.2, 0.25) is 0 Å². The first-order chi connectivity index (χ1) is 12.4. The molecule has 132 valence electrons. The third-order valence-electron chi connectivity index (χ3n) is 3.68. The molecule has 0 heterocycles. The number of aryl methyl sites for hydroxylation is 2. The normalized spacial score (nSPS) is 10.7. The average Bonchev–Trinajstić information content (AvgIpc) is 2.61. The molecule has 0 aliphatic carbocycles. The van der Waals surface area contributed by atoms with E-state index >= 15 is 0 Å². The number of aliphatic carboxylic acids is 1. The van der Waals surface area contributed by atoms with Crippen molar-refractivity contribution >= 4 is 23.6 Å². The molecule has 6 heteroatoms. The summed E-state index contributed by atoms with van der Waals surface area (Å²) >= 11 is 0. The number of carboxylic acid groups (broad SMARTS) is 1. The maximum Gasteiger partial charge on any atom is 0.341 e. The van der Waals surface area contributed by atoms with E-state index in [-0.39, 0.29) is 5.57 Å². The van der Waals surface area contributed by atoms with E-state index in [1.807, 2.05) is 32.0 Å². The van der Waals surface area contributed by atoms with Crippen LogP contribution in [0.4, 0.5) is 5.69 Å². The van der Waals surface area contributed by atoms with Gasteiger partial charge in [0.15, 0.2) is 6.61 Å². The quantitative estimate of drug-likeness (QED) is 0.615. The standard InChI is InChI=1S/C20H18N2O4/c1-13-3-6-17(9-14(13)2)22-20(25)16(11-21)10-15-4-7-18(8-5-15)26-12-19(23)24/h3-10H,12H2,1-2H3,(H,22,25)(H,23,24)/b16-10+. The van der Waals surface area contributed by atoms with Gasteiger partial charge in [0.05, 0.1) is 0 Å². The monoisotopic (exact) mass is 350 g/mol. The lowest BCUT2D eigenvalue weighted by molar-refractivity contribution is -0.139. The molecule has 1 amide bonds. The van der Waals surface area contributed by atoms with Crippen LogP contribution in [0.25, 0.3) is 6.08 Å². The number of nitrogens with zero attached hydrogens (tertiary/aromatic N) is 1. The molecule has 0 aromatic heterocycles. The Bertz CT molecular complexity index is 893. The summed E-state index contributed by atoms with van der Waals surface area (Å²) in [5, 5.41) is 20.6. The highest BCUT2D eigenvalue weighted by molar-refractivity contribution is 6.09. The first kappa shape index (κ1) is 18.7.